The number of benzene rings is 2. The van der Waals surface area contributed by atoms with E-state index in [1.165, 1.54) is 0 Å². The highest BCUT2D eigenvalue weighted by atomic mass is 16.3. The summed E-state index contributed by atoms with van der Waals surface area (Å²) in [6.45, 7) is 1.68. The van der Waals surface area contributed by atoms with E-state index in [0.29, 0.717) is 24.2 Å². The van der Waals surface area contributed by atoms with Crippen molar-refractivity contribution >= 4 is 17.3 Å². The van der Waals surface area contributed by atoms with Crippen LogP contribution in [0.4, 0.5) is 11.4 Å². The molecule has 0 radical (unpaired) electrons. The number of nitrogens with two attached hydrogens (primary N) is 1. The molecule has 110 valence electrons. The van der Waals surface area contributed by atoms with Crippen molar-refractivity contribution in [2.75, 3.05) is 11.1 Å². The van der Waals surface area contributed by atoms with Gasteiger partial charge in [0.15, 0.2) is 0 Å². The van der Waals surface area contributed by atoms with Crippen molar-refractivity contribution in [3.63, 3.8) is 0 Å². The minimum absolute atomic E-state index is 0.0695. The van der Waals surface area contributed by atoms with E-state index < -0.39 is 6.10 Å². The van der Waals surface area contributed by atoms with E-state index in [2.05, 4.69) is 5.32 Å². The molecule has 0 spiro atoms. The van der Waals surface area contributed by atoms with Crippen LogP contribution in [0.2, 0.25) is 0 Å². The number of amides is 1. The van der Waals surface area contributed by atoms with Crippen molar-refractivity contribution < 1.29 is 9.90 Å². The average molecular weight is 284 g/mol. The lowest BCUT2D eigenvalue weighted by Crippen LogP contribution is -2.14. The maximum Gasteiger partial charge on any atom is 0.224 e. The first-order valence-corrected chi connectivity index (χ1v) is 6.97. The summed E-state index contributed by atoms with van der Waals surface area (Å²) in [4.78, 5) is 12.0. The van der Waals surface area contributed by atoms with Crippen LogP contribution in [-0.4, -0.2) is 11.0 Å². The molecule has 4 nitrogen and oxygen atoms in total. The largest absolute Gasteiger partial charge is 0.399 e. The van der Waals surface area contributed by atoms with Crippen LogP contribution in [0.25, 0.3) is 0 Å². The third kappa shape index (κ3) is 4.33. The van der Waals surface area contributed by atoms with Gasteiger partial charge >= 0.3 is 0 Å². The number of anilines is 2. The Morgan fingerprint density at radius 3 is 2.52 bits per heavy atom. The zero-order valence-electron chi connectivity index (χ0n) is 12.0. The molecule has 4 heteroatoms. The van der Waals surface area contributed by atoms with Gasteiger partial charge in [-0.3, -0.25) is 4.79 Å². The van der Waals surface area contributed by atoms with Crippen LogP contribution in [-0.2, 0) is 11.2 Å². The molecule has 0 fully saturated rings. The second-order valence-electron chi connectivity index (χ2n) is 5.05. The van der Waals surface area contributed by atoms with Crippen LogP contribution in [0.5, 0.6) is 0 Å². The fourth-order valence-corrected chi connectivity index (χ4v) is 2.13. The van der Waals surface area contributed by atoms with Gasteiger partial charge < -0.3 is 16.2 Å². The second kappa shape index (κ2) is 6.90. The van der Waals surface area contributed by atoms with Crippen LogP contribution in [0.15, 0.2) is 48.5 Å². The van der Waals surface area contributed by atoms with Crippen molar-refractivity contribution in [1.82, 2.24) is 0 Å². The number of nitrogens with one attached hydrogen (secondary N) is 1. The van der Waals surface area contributed by atoms with Gasteiger partial charge in [0.1, 0.15) is 0 Å². The molecule has 1 amide bonds. The third-order valence-corrected chi connectivity index (χ3v) is 3.31. The number of nitrogen functional groups attached to an aromatic ring is 1. The lowest BCUT2D eigenvalue weighted by atomic mass is 10.1. The highest BCUT2D eigenvalue weighted by Crippen LogP contribution is 2.22. The SMILES string of the molecule is CC(O)c1ccccc1NC(=O)CCc1ccc(N)cc1. The lowest BCUT2D eigenvalue weighted by Gasteiger charge is -2.13. The molecule has 1 unspecified atom stereocenters. The summed E-state index contributed by atoms with van der Waals surface area (Å²) in [5.41, 5.74) is 8.80. The topological polar surface area (TPSA) is 75.3 Å². The second-order valence-corrected chi connectivity index (χ2v) is 5.05. The Morgan fingerprint density at radius 1 is 1.19 bits per heavy atom. The summed E-state index contributed by atoms with van der Waals surface area (Å²) in [6, 6.07) is 14.8. The zero-order valence-corrected chi connectivity index (χ0v) is 12.0. The van der Waals surface area contributed by atoms with E-state index in [9.17, 15) is 9.90 Å². The smallest absolute Gasteiger partial charge is 0.224 e. The Balaban J connectivity index is 1.94. The van der Waals surface area contributed by atoms with E-state index in [0.717, 1.165) is 11.1 Å². The van der Waals surface area contributed by atoms with E-state index in [1.807, 2.05) is 36.4 Å². The summed E-state index contributed by atoms with van der Waals surface area (Å²) in [5, 5.41) is 12.5. The summed E-state index contributed by atoms with van der Waals surface area (Å²) < 4.78 is 0. The van der Waals surface area contributed by atoms with Crippen molar-refractivity contribution in [1.29, 1.82) is 0 Å². The van der Waals surface area contributed by atoms with Crippen LogP contribution in [0.1, 0.15) is 30.6 Å². The molecule has 0 aliphatic carbocycles. The number of para-hydroxylation sites is 1. The predicted molar refractivity (Wildman–Crippen MR) is 84.9 cm³/mol. The first-order chi connectivity index (χ1) is 10.1. The van der Waals surface area contributed by atoms with Gasteiger partial charge in [0.05, 0.1) is 6.10 Å². The van der Waals surface area contributed by atoms with Gasteiger partial charge in [-0.25, -0.2) is 0 Å². The first-order valence-electron chi connectivity index (χ1n) is 6.97. The number of carbonyl (C=O) groups is 1. The molecule has 2 aromatic carbocycles. The third-order valence-electron chi connectivity index (χ3n) is 3.31. The predicted octanol–water partition coefficient (Wildman–Crippen LogP) is 2.89. The Kier molecular flexibility index (Phi) is 4.95. The number of aliphatic hydroxyl groups excluding tert-OH is 1. The normalized spacial score (nSPS) is 11.9. The maximum atomic E-state index is 12.0. The molecule has 0 aliphatic rings. The number of rotatable bonds is 5. The minimum Gasteiger partial charge on any atom is -0.399 e. The highest BCUT2D eigenvalue weighted by molar-refractivity contribution is 5.91. The van der Waals surface area contributed by atoms with Crippen LogP contribution in [0.3, 0.4) is 0 Å². The van der Waals surface area contributed by atoms with Gasteiger partial charge in [-0.2, -0.15) is 0 Å². The van der Waals surface area contributed by atoms with Gasteiger partial charge in [-0.1, -0.05) is 30.3 Å². The first kappa shape index (κ1) is 15.1. The molecule has 21 heavy (non-hydrogen) atoms. The molecular weight excluding hydrogens is 264 g/mol. The Morgan fingerprint density at radius 2 is 1.86 bits per heavy atom. The highest BCUT2D eigenvalue weighted by Gasteiger charge is 2.10. The molecule has 2 rings (SSSR count). The van der Waals surface area contributed by atoms with E-state index >= 15 is 0 Å². The van der Waals surface area contributed by atoms with Crippen LogP contribution >= 0.6 is 0 Å². The van der Waals surface area contributed by atoms with Crippen molar-refractivity contribution in [2.24, 2.45) is 0 Å². The molecule has 0 heterocycles. The Hall–Kier alpha value is -2.33. The summed E-state index contributed by atoms with van der Waals surface area (Å²) in [7, 11) is 0. The van der Waals surface area contributed by atoms with Gasteiger partial charge in [0.2, 0.25) is 5.91 Å². The molecule has 1 atom stereocenters. The minimum atomic E-state index is -0.612. The van der Waals surface area contributed by atoms with E-state index in [-0.39, 0.29) is 5.91 Å². The summed E-state index contributed by atoms with van der Waals surface area (Å²) >= 11 is 0. The average Bonchev–Trinajstić information content (AvgIpc) is 2.47. The Labute approximate surface area is 124 Å². The van der Waals surface area contributed by atoms with Crippen LogP contribution < -0.4 is 11.1 Å². The molecule has 0 saturated carbocycles. The molecule has 0 aliphatic heterocycles. The van der Waals surface area contributed by atoms with Crippen molar-refractivity contribution in [3.05, 3.63) is 59.7 Å². The van der Waals surface area contributed by atoms with Gasteiger partial charge in [0.25, 0.3) is 0 Å². The van der Waals surface area contributed by atoms with Gasteiger partial charge in [0, 0.05) is 23.4 Å². The number of hydrogen-bond donors (Lipinski definition) is 3. The van der Waals surface area contributed by atoms with E-state index in [4.69, 9.17) is 5.73 Å². The molecule has 0 bridgehead atoms. The monoisotopic (exact) mass is 284 g/mol. The van der Waals surface area contributed by atoms with Gasteiger partial charge in [-0.05, 0) is 37.1 Å². The molecule has 2 aromatic rings. The maximum absolute atomic E-state index is 12.0. The number of aliphatic hydroxyl groups is 1. The summed E-state index contributed by atoms with van der Waals surface area (Å²) in [6.07, 6.45) is 0.430. The standard InChI is InChI=1S/C17H20N2O2/c1-12(20)15-4-2-3-5-16(15)19-17(21)11-8-13-6-9-14(18)10-7-13/h2-7,9-10,12,20H,8,11,18H2,1H3,(H,19,21). The fourth-order valence-electron chi connectivity index (χ4n) is 2.13. The van der Waals surface area contributed by atoms with Crippen molar-refractivity contribution in [3.8, 4) is 0 Å². The molecule has 0 saturated heterocycles. The fraction of sp³-hybridized carbons (Fsp3) is 0.235. The number of carbonyl (C=O) groups excluding carboxylic acids is 1. The van der Waals surface area contributed by atoms with Crippen molar-refractivity contribution in [2.45, 2.75) is 25.9 Å². The number of hydrogen-bond acceptors (Lipinski definition) is 3. The molecule has 0 aromatic heterocycles. The number of aryl methyl sites for hydroxylation is 1. The van der Waals surface area contributed by atoms with E-state index in [1.54, 1.807) is 19.1 Å². The zero-order chi connectivity index (χ0) is 15.2. The quantitative estimate of drug-likeness (QED) is 0.739. The lowest BCUT2D eigenvalue weighted by molar-refractivity contribution is -0.116. The summed E-state index contributed by atoms with van der Waals surface area (Å²) in [5.74, 6) is -0.0695. The van der Waals surface area contributed by atoms with Gasteiger partial charge in [-0.15, -0.1) is 0 Å². The van der Waals surface area contributed by atoms with Crippen LogP contribution in [0, 0.1) is 0 Å². The molecular formula is C17H20N2O2. The Bertz CT molecular complexity index is 606. The molecule has 4 N–H and O–H groups in total.